The summed E-state index contributed by atoms with van der Waals surface area (Å²) in [5.74, 6) is -0.729. The van der Waals surface area contributed by atoms with Crippen LogP contribution in [0.5, 0.6) is 0 Å². The first kappa shape index (κ1) is 16.6. The van der Waals surface area contributed by atoms with Crippen LogP contribution in [0.1, 0.15) is 25.3 Å². The summed E-state index contributed by atoms with van der Waals surface area (Å²) in [5, 5.41) is 13.2. The van der Waals surface area contributed by atoms with Crippen molar-refractivity contribution >= 4 is 17.6 Å². The number of non-ortho nitro benzene ring substituents is 1. The largest absolute Gasteiger partial charge is 0.467 e. The second kappa shape index (κ2) is 7.98. The number of aryl methyl sites for hydroxylation is 1. The number of nitro benzene ring substituents is 1. The number of nitro groups is 1. The Hall–Kier alpha value is -2.44. The van der Waals surface area contributed by atoms with Crippen LogP contribution in [0.25, 0.3) is 0 Å². The van der Waals surface area contributed by atoms with Gasteiger partial charge < -0.3 is 10.1 Å². The Morgan fingerprint density at radius 1 is 1.33 bits per heavy atom. The molecule has 7 nitrogen and oxygen atoms in total. The van der Waals surface area contributed by atoms with Gasteiger partial charge in [-0.15, -0.1) is 0 Å². The highest BCUT2D eigenvalue weighted by atomic mass is 16.6. The van der Waals surface area contributed by atoms with Crippen molar-refractivity contribution in [1.29, 1.82) is 0 Å². The van der Waals surface area contributed by atoms with Gasteiger partial charge in [-0.2, -0.15) is 0 Å². The molecule has 1 rings (SSSR count). The maximum absolute atomic E-state index is 11.6. The molecule has 0 fully saturated rings. The van der Waals surface area contributed by atoms with E-state index >= 15 is 0 Å². The van der Waals surface area contributed by atoms with Crippen LogP contribution in [0.2, 0.25) is 0 Å². The van der Waals surface area contributed by atoms with Crippen LogP contribution in [-0.4, -0.2) is 30.0 Å². The van der Waals surface area contributed by atoms with E-state index in [-0.39, 0.29) is 18.0 Å². The predicted octanol–water partition coefficient (Wildman–Crippen LogP) is 1.60. The number of amides is 1. The number of nitrogens with one attached hydrogen (secondary N) is 1. The maximum Gasteiger partial charge on any atom is 0.328 e. The van der Waals surface area contributed by atoms with Gasteiger partial charge in [0.25, 0.3) is 5.69 Å². The van der Waals surface area contributed by atoms with Gasteiger partial charge in [0.1, 0.15) is 6.04 Å². The molecule has 0 bridgehead atoms. The number of carbonyl (C=O) groups excluding carboxylic acids is 2. The minimum absolute atomic E-state index is 0.0163. The molecule has 0 saturated carbocycles. The number of esters is 1. The highest BCUT2D eigenvalue weighted by Crippen LogP contribution is 2.14. The van der Waals surface area contributed by atoms with Gasteiger partial charge in [-0.1, -0.05) is 19.1 Å². The Morgan fingerprint density at radius 2 is 1.95 bits per heavy atom. The number of hydrogen-bond donors (Lipinski definition) is 1. The zero-order valence-electron chi connectivity index (χ0n) is 12.0. The average molecular weight is 294 g/mol. The van der Waals surface area contributed by atoms with E-state index in [9.17, 15) is 19.7 Å². The van der Waals surface area contributed by atoms with Crippen LogP contribution >= 0.6 is 0 Å². The van der Waals surface area contributed by atoms with Gasteiger partial charge >= 0.3 is 5.97 Å². The number of benzene rings is 1. The molecule has 0 heterocycles. The van der Waals surface area contributed by atoms with E-state index in [1.54, 1.807) is 19.1 Å². The molecule has 1 aromatic rings. The van der Waals surface area contributed by atoms with Gasteiger partial charge in [-0.3, -0.25) is 14.9 Å². The number of ether oxygens (including phenoxy) is 1. The number of methoxy groups -OCH3 is 1. The van der Waals surface area contributed by atoms with Gasteiger partial charge in [0.05, 0.1) is 12.0 Å². The molecule has 1 N–H and O–H groups in total. The Morgan fingerprint density at radius 3 is 2.43 bits per heavy atom. The van der Waals surface area contributed by atoms with Crippen LogP contribution in [0, 0.1) is 10.1 Å². The molecule has 0 aliphatic heterocycles. The van der Waals surface area contributed by atoms with Crippen LogP contribution in [0.4, 0.5) is 5.69 Å². The van der Waals surface area contributed by atoms with Crippen LogP contribution in [0.3, 0.4) is 0 Å². The fraction of sp³-hybridized carbons (Fsp3) is 0.429. The summed E-state index contributed by atoms with van der Waals surface area (Å²) in [4.78, 5) is 33.1. The quantitative estimate of drug-likeness (QED) is 0.468. The molecular formula is C14H18N2O5. The number of nitrogens with zero attached hydrogens (tertiary/aromatic N) is 1. The summed E-state index contributed by atoms with van der Waals surface area (Å²) in [7, 11) is 1.26. The molecule has 21 heavy (non-hydrogen) atoms. The monoisotopic (exact) mass is 294 g/mol. The molecule has 0 aliphatic carbocycles. The lowest BCUT2D eigenvalue weighted by molar-refractivity contribution is -0.384. The highest BCUT2D eigenvalue weighted by molar-refractivity contribution is 5.84. The van der Waals surface area contributed by atoms with Crippen molar-refractivity contribution in [2.75, 3.05) is 7.11 Å². The Balaban J connectivity index is 2.65. The lowest BCUT2D eigenvalue weighted by atomic mass is 10.0. The number of carbonyl (C=O) groups is 2. The molecule has 0 unspecified atom stereocenters. The van der Waals surface area contributed by atoms with Crippen molar-refractivity contribution in [3.05, 3.63) is 39.9 Å². The smallest absolute Gasteiger partial charge is 0.328 e. The molecule has 114 valence electrons. The number of hydrogen-bond acceptors (Lipinski definition) is 5. The normalized spacial score (nSPS) is 11.5. The maximum atomic E-state index is 11.6. The molecule has 1 aromatic carbocycles. The van der Waals surface area contributed by atoms with Gasteiger partial charge in [0.15, 0.2) is 0 Å². The second-order valence-corrected chi connectivity index (χ2v) is 4.46. The van der Waals surface area contributed by atoms with Gasteiger partial charge in [-0.05, 0) is 18.4 Å². The Kier molecular flexibility index (Phi) is 6.32. The fourth-order valence-electron chi connectivity index (χ4n) is 1.78. The molecule has 0 saturated heterocycles. The molecule has 7 heteroatoms. The minimum atomic E-state index is -0.711. The Labute approximate surface area is 122 Å². The molecule has 0 aliphatic rings. The van der Waals surface area contributed by atoms with E-state index in [0.29, 0.717) is 12.8 Å². The molecule has 1 amide bonds. The third kappa shape index (κ3) is 5.21. The molecule has 0 aromatic heterocycles. The molecule has 0 spiro atoms. The van der Waals surface area contributed by atoms with E-state index in [1.165, 1.54) is 19.2 Å². The van der Waals surface area contributed by atoms with E-state index in [4.69, 9.17) is 0 Å². The van der Waals surface area contributed by atoms with Crippen molar-refractivity contribution in [2.45, 2.75) is 32.2 Å². The van der Waals surface area contributed by atoms with Crippen LogP contribution in [0.15, 0.2) is 24.3 Å². The lowest BCUT2D eigenvalue weighted by Crippen LogP contribution is -2.41. The molecule has 1 atom stereocenters. The standard InChI is InChI=1S/C14H18N2O5/c1-3-13(17)15-12(14(18)21-2)9-6-10-4-7-11(8-5-10)16(19)20/h4-5,7-8,12H,3,6,9H2,1-2H3,(H,15,17)/t12-/m1/s1. The van der Waals surface area contributed by atoms with E-state index in [2.05, 4.69) is 10.1 Å². The summed E-state index contributed by atoms with van der Waals surface area (Å²) in [6, 6.07) is 5.38. The van der Waals surface area contributed by atoms with Crippen molar-refractivity contribution in [3.63, 3.8) is 0 Å². The first-order valence-corrected chi connectivity index (χ1v) is 6.58. The third-order valence-corrected chi connectivity index (χ3v) is 3.01. The lowest BCUT2D eigenvalue weighted by Gasteiger charge is -2.16. The summed E-state index contributed by atoms with van der Waals surface area (Å²) < 4.78 is 4.65. The summed E-state index contributed by atoms with van der Waals surface area (Å²) in [6.45, 7) is 1.69. The van der Waals surface area contributed by atoms with Crippen molar-refractivity contribution in [2.24, 2.45) is 0 Å². The third-order valence-electron chi connectivity index (χ3n) is 3.01. The zero-order chi connectivity index (χ0) is 15.8. The Bertz CT molecular complexity index is 513. The van der Waals surface area contributed by atoms with E-state index in [0.717, 1.165) is 5.56 Å². The van der Waals surface area contributed by atoms with Gasteiger partial charge in [0.2, 0.25) is 5.91 Å². The summed E-state index contributed by atoms with van der Waals surface area (Å²) in [5.41, 5.74) is 0.864. The minimum Gasteiger partial charge on any atom is -0.467 e. The fourth-order valence-corrected chi connectivity index (χ4v) is 1.78. The first-order valence-electron chi connectivity index (χ1n) is 6.58. The first-order chi connectivity index (χ1) is 9.97. The van der Waals surface area contributed by atoms with Crippen molar-refractivity contribution in [1.82, 2.24) is 5.32 Å². The van der Waals surface area contributed by atoms with Gasteiger partial charge in [-0.25, -0.2) is 4.79 Å². The molecule has 0 radical (unpaired) electrons. The molecular weight excluding hydrogens is 276 g/mol. The SMILES string of the molecule is CCC(=O)N[C@H](CCc1ccc([N+](=O)[O-])cc1)C(=O)OC. The van der Waals surface area contributed by atoms with Crippen LogP contribution < -0.4 is 5.32 Å². The van der Waals surface area contributed by atoms with Crippen molar-refractivity contribution < 1.29 is 19.2 Å². The second-order valence-electron chi connectivity index (χ2n) is 4.46. The van der Waals surface area contributed by atoms with Crippen molar-refractivity contribution in [3.8, 4) is 0 Å². The topological polar surface area (TPSA) is 98.5 Å². The van der Waals surface area contributed by atoms with Crippen LogP contribution in [-0.2, 0) is 20.7 Å². The average Bonchev–Trinajstić information content (AvgIpc) is 2.50. The zero-order valence-corrected chi connectivity index (χ0v) is 12.0. The number of rotatable bonds is 7. The summed E-state index contributed by atoms with van der Waals surface area (Å²) in [6.07, 6.45) is 1.16. The predicted molar refractivity (Wildman–Crippen MR) is 75.7 cm³/mol. The van der Waals surface area contributed by atoms with Gasteiger partial charge in [0, 0.05) is 18.6 Å². The van der Waals surface area contributed by atoms with E-state index < -0.39 is 16.9 Å². The highest BCUT2D eigenvalue weighted by Gasteiger charge is 2.20. The summed E-state index contributed by atoms with van der Waals surface area (Å²) >= 11 is 0. The van der Waals surface area contributed by atoms with E-state index in [1.807, 2.05) is 0 Å².